The van der Waals surface area contributed by atoms with Crippen molar-refractivity contribution in [3.05, 3.63) is 76.7 Å². The number of fused-ring (bicyclic) bond motifs is 1. The molecule has 0 bridgehead atoms. The molecule has 5 heteroatoms. The van der Waals surface area contributed by atoms with Gasteiger partial charge in [0.25, 0.3) is 5.56 Å². The van der Waals surface area contributed by atoms with Crippen molar-refractivity contribution in [1.29, 1.82) is 0 Å². The summed E-state index contributed by atoms with van der Waals surface area (Å²) in [5, 5.41) is 0. The molecule has 1 aliphatic carbocycles. The van der Waals surface area contributed by atoms with E-state index in [2.05, 4.69) is 11.9 Å². The Kier molecular flexibility index (Phi) is 4.75. The third-order valence-electron chi connectivity index (χ3n) is 5.36. The van der Waals surface area contributed by atoms with Crippen LogP contribution < -0.4 is 5.56 Å². The van der Waals surface area contributed by atoms with Gasteiger partial charge in [0.2, 0.25) is 5.91 Å². The average Bonchev–Trinajstić information content (AvgIpc) is 3.54. The molecule has 2 aromatic carbocycles. The fourth-order valence-corrected chi connectivity index (χ4v) is 3.58. The number of hydrogen-bond acceptors (Lipinski definition) is 3. The van der Waals surface area contributed by atoms with Crippen molar-refractivity contribution >= 4 is 16.9 Å². The van der Waals surface area contributed by atoms with E-state index in [1.165, 1.54) is 10.8 Å². The summed E-state index contributed by atoms with van der Waals surface area (Å²) in [5.74, 6) is 0.528. The van der Waals surface area contributed by atoms with Gasteiger partial charge in [0.05, 0.1) is 17.2 Å². The first-order chi connectivity index (χ1) is 13.1. The van der Waals surface area contributed by atoms with Gasteiger partial charge in [-0.15, -0.1) is 0 Å². The highest BCUT2D eigenvalue weighted by Crippen LogP contribution is 2.35. The Morgan fingerprint density at radius 1 is 1.15 bits per heavy atom. The van der Waals surface area contributed by atoms with E-state index in [0.717, 1.165) is 23.9 Å². The second kappa shape index (κ2) is 7.35. The first-order valence-corrected chi connectivity index (χ1v) is 9.41. The fourth-order valence-electron chi connectivity index (χ4n) is 3.58. The third-order valence-corrected chi connectivity index (χ3v) is 5.36. The van der Waals surface area contributed by atoms with Gasteiger partial charge in [-0.2, -0.15) is 0 Å². The van der Waals surface area contributed by atoms with Gasteiger partial charge in [-0.3, -0.25) is 14.2 Å². The molecule has 0 radical (unpaired) electrons. The molecule has 1 aliphatic rings. The SMILES string of the molecule is CC(C1CC1)N(Cc1ccccc1)C(=O)Cn1c(=O)cnc2ccccc21. The van der Waals surface area contributed by atoms with Gasteiger partial charge in [-0.1, -0.05) is 42.5 Å². The summed E-state index contributed by atoms with van der Waals surface area (Å²) in [7, 11) is 0. The number of nitrogens with zero attached hydrogens (tertiary/aromatic N) is 3. The van der Waals surface area contributed by atoms with Crippen LogP contribution in [0.3, 0.4) is 0 Å². The van der Waals surface area contributed by atoms with Gasteiger partial charge in [0.15, 0.2) is 0 Å². The van der Waals surface area contributed by atoms with E-state index >= 15 is 0 Å². The van der Waals surface area contributed by atoms with Crippen LogP contribution >= 0.6 is 0 Å². The second-order valence-electron chi connectivity index (χ2n) is 7.26. The van der Waals surface area contributed by atoms with Crippen LogP contribution in [-0.4, -0.2) is 26.4 Å². The molecule has 0 N–H and O–H groups in total. The largest absolute Gasteiger partial charge is 0.334 e. The Hall–Kier alpha value is -2.95. The topological polar surface area (TPSA) is 55.2 Å². The monoisotopic (exact) mass is 361 g/mol. The molecule has 0 aliphatic heterocycles. The van der Waals surface area contributed by atoms with E-state index in [1.807, 2.05) is 59.5 Å². The van der Waals surface area contributed by atoms with E-state index in [0.29, 0.717) is 18.0 Å². The molecule has 4 rings (SSSR count). The lowest BCUT2D eigenvalue weighted by molar-refractivity contribution is -0.135. The number of rotatable bonds is 6. The molecular formula is C22H23N3O2. The van der Waals surface area contributed by atoms with Gasteiger partial charge in [0, 0.05) is 12.6 Å². The Morgan fingerprint density at radius 2 is 1.85 bits per heavy atom. The lowest BCUT2D eigenvalue weighted by Gasteiger charge is -2.30. The number of hydrogen-bond donors (Lipinski definition) is 0. The molecule has 1 aromatic heterocycles. The fraction of sp³-hybridized carbons (Fsp3) is 0.318. The quantitative estimate of drug-likeness (QED) is 0.677. The van der Waals surface area contributed by atoms with E-state index in [4.69, 9.17) is 0 Å². The molecular weight excluding hydrogens is 338 g/mol. The van der Waals surface area contributed by atoms with E-state index in [-0.39, 0.29) is 24.1 Å². The number of benzene rings is 2. The summed E-state index contributed by atoms with van der Waals surface area (Å²) >= 11 is 0. The summed E-state index contributed by atoms with van der Waals surface area (Å²) in [4.78, 5) is 31.7. The summed E-state index contributed by atoms with van der Waals surface area (Å²) in [6, 6.07) is 17.6. The van der Waals surface area contributed by atoms with Crippen molar-refractivity contribution < 1.29 is 4.79 Å². The molecule has 1 fully saturated rings. The van der Waals surface area contributed by atoms with Crippen LogP contribution in [0.1, 0.15) is 25.3 Å². The number of carbonyl (C=O) groups is 1. The predicted octanol–water partition coefficient (Wildman–Crippen LogP) is 3.22. The highest BCUT2D eigenvalue weighted by Gasteiger charge is 2.34. The first kappa shape index (κ1) is 17.5. The van der Waals surface area contributed by atoms with Crippen LogP contribution in [0.25, 0.3) is 11.0 Å². The Balaban J connectivity index is 1.64. The molecule has 1 unspecified atom stereocenters. The normalized spacial score (nSPS) is 14.9. The molecule has 1 heterocycles. The minimum atomic E-state index is -0.249. The minimum Gasteiger partial charge on any atom is -0.334 e. The molecule has 0 saturated heterocycles. The molecule has 0 spiro atoms. The highest BCUT2D eigenvalue weighted by molar-refractivity contribution is 5.80. The van der Waals surface area contributed by atoms with Crippen LogP contribution in [0, 0.1) is 5.92 Å². The van der Waals surface area contributed by atoms with E-state index < -0.39 is 0 Å². The standard InChI is InChI=1S/C22H23N3O2/c1-16(18-11-12-18)24(14-17-7-3-2-4-8-17)22(27)15-25-20-10-6-5-9-19(20)23-13-21(25)26/h2-10,13,16,18H,11-12,14-15H2,1H3. The van der Waals surface area contributed by atoms with Crippen LogP contribution in [0.15, 0.2) is 65.6 Å². The molecule has 1 amide bonds. The minimum absolute atomic E-state index is 0.0308. The molecule has 27 heavy (non-hydrogen) atoms. The van der Waals surface area contributed by atoms with Gasteiger partial charge in [-0.25, -0.2) is 4.98 Å². The van der Waals surface area contributed by atoms with Crippen molar-refractivity contribution in [2.24, 2.45) is 5.92 Å². The lowest BCUT2D eigenvalue weighted by atomic mass is 10.1. The maximum Gasteiger partial charge on any atom is 0.269 e. The Labute approximate surface area is 158 Å². The third kappa shape index (κ3) is 3.77. The first-order valence-electron chi connectivity index (χ1n) is 9.41. The zero-order chi connectivity index (χ0) is 18.8. The summed E-state index contributed by atoms with van der Waals surface area (Å²) in [6.07, 6.45) is 3.62. The van der Waals surface area contributed by atoms with E-state index in [9.17, 15) is 9.59 Å². The molecule has 138 valence electrons. The molecule has 1 saturated carbocycles. The zero-order valence-electron chi connectivity index (χ0n) is 15.4. The average molecular weight is 361 g/mol. The molecule has 3 aromatic rings. The van der Waals surface area contributed by atoms with Crippen LogP contribution in [0.4, 0.5) is 0 Å². The predicted molar refractivity (Wildman–Crippen MR) is 105 cm³/mol. The van der Waals surface area contributed by atoms with Crippen LogP contribution in [0.2, 0.25) is 0 Å². The van der Waals surface area contributed by atoms with Crippen LogP contribution in [-0.2, 0) is 17.9 Å². The lowest BCUT2D eigenvalue weighted by Crippen LogP contribution is -2.42. The maximum absolute atomic E-state index is 13.2. The van der Waals surface area contributed by atoms with Gasteiger partial charge in [-0.05, 0) is 43.4 Å². The zero-order valence-corrected chi connectivity index (χ0v) is 15.4. The maximum atomic E-state index is 13.2. The summed E-state index contributed by atoms with van der Waals surface area (Å²) < 4.78 is 1.53. The van der Waals surface area contributed by atoms with Crippen molar-refractivity contribution in [2.45, 2.75) is 38.9 Å². The van der Waals surface area contributed by atoms with Crippen molar-refractivity contribution in [3.63, 3.8) is 0 Å². The van der Waals surface area contributed by atoms with Gasteiger partial charge < -0.3 is 4.90 Å². The second-order valence-corrected chi connectivity index (χ2v) is 7.26. The Bertz CT molecular complexity index is 1010. The number of aromatic nitrogens is 2. The summed E-state index contributed by atoms with van der Waals surface area (Å²) in [5.41, 5.74) is 2.26. The smallest absolute Gasteiger partial charge is 0.269 e. The molecule has 5 nitrogen and oxygen atoms in total. The van der Waals surface area contributed by atoms with Crippen molar-refractivity contribution in [3.8, 4) is 0 Å². The Morgan fingerprint density at radius 3 is 2.59 bits per heavy atom. The van der Waals surface area contributed by atoms with Crippen molar-refractivity contribution in [1.82, 2.24) is 14.5 Å². The van der Waals surface area contributed by atoms with Gasteiger partial charge in [0.1, 0.15) is 6.54 Å². The highest BCUT2D eigenvalue weighted by atomic mass is 16.2. The number of amides is 1. The van der Waals surface area contributed by atoms with E-state index in [1.54, 1.807) is 0 Å². The summed E-state index contributed by atoms with van der Waals surface area (Å²) in [6.45, 7) is 2.72. The number of carbonyl (C=O) groups excluding carboxylic acids is 1. The van der Waals surface area contributed by atoms with Crippen molar-refractivity contribution in [2.75, 3.05) is 0 Å². The van der Waals surface area contributed by atoms with Crippen LogP contribution in [0.5, 0.6) is 0 Å². The molecule has 1 atom stereocenters. The van der Waals surface area contributed by atoms with Gasteiger partial charge >= 0.3 is 0 Å². The number of para-hydroxylation sites is 2.